The molecule has 0 bridgehead atoms. The maximum atomic E-state index is 5.71. The number of aryl methyl sites for hydroxylation is 2. The molecular formula is C12H20N6O. The normalized spacial score (nSPS) is 12.6. The van der Waals surface area contributed by atoms with Crippen molar-refractivity contribution in [1.82, 2.24) is 25.0 Å². The Morgan fingerprint density at radius 2 is 2.21 bits per heavy atom. The van der Waals surface area contributed by atoms with Crippen LogP contribution < -0.4 is 16.0 Å². The molecule has 0 amide bonds. The molecule has 0 aliphatic rings. The Balaban J connectivity index is 2.44. The largest absolute Gasteiger partial charge is 0.493 e. The van der Waals surface area contributed by atoms with Gasteiger partial charge in [0.15, 0.2) is 5.75 Å². The van der Waals surface area contributed by atoms with Gasteiger partial charge in [-0.15, -0.1) is 0 Å². The first-order valence-corrected chi connectivity index (χ1v) is 6.25. The summed E-state index contributed by atoms with van der Waals surface area (Å²) in [5.74, 6) is 6.43. The van der Waals surface area contributed by atoms with Gasteiger partial charge in [-0.1, -0.05) is 6.92 Å². The number of hydrogen-bond acceptors (Lipinski definition) is 5. The standard InChI is InChI=1S/C12H20N6O/c1-4-5-18-12(10(19-3)7-15-18)11(16-13)9-6-14-17(2)8-9/h6-8,11,16H,4-5,13H2,1-3H3. The van der Waals surface area contributed by atoms with Crippen LogP contribution in [0.15, 0.2) is 18.6 Å². The van der Waals surface area contributed by atoms with Gasteiger partial charge in [-0.05, 0) is 6.42 Å². The van der Waals surface area contributed by atoms with E-state index in [0.29, 0.717) is 0 Å². The molecule has 104 valence electrons. The van der Waals surface area contributed by atoms with E-state index in [1.807, 2.05) is 17.9 Å². The summed E-state index contributed by atoms with van der Waals surface area (Å²) >= 11 is 0. The van der Waals surface area contributed by atoms with Crippen molar-refractivity contribution in [2.24, 2.45) is 12.9 Å². The first kappa shape index (κ1) is 13.6. The van der Waals surface area contributed by atoms with Crippen molar-refractivity contribution in [3.05, 3.63) is 29.8 Å². The van der Waals surface area contributed by atoms with Crippen LogP contribution in [0.5, 0.6) is 5.75 Å². The van der Waals surface area contributed by atoms with E-state index in [1.165, 1.54) is 0 Å². The topological polar surface area (TPSA) is 82.9 Å². The number of nitrogens with zero attached hydrogens (tertiary/aromatic N) is 4. The SMILES string of the molecule is CCCn1ncc(OC)c1C(NN)c1cnn(C)c1. The first-order valence-electron chi connectivity index (χ1n) is 6.25. The molecule has 7 heteroatoms. The van der Waals surface area contributed by atoms with Crippen LogP contribution in [0, 0.1) is 0 Å². The minimum atomic E-state index is -0.197. The van der Waals surface area contributed by atoms with E-state index in [4.69, 9.17) is 10.6 Å². The number of hydrazine groups is 1. The third kappa shape index (κ3) is 2.61. The molecule has 19 heavy (non-hydrogen) atoms. The second kappa shape index (κ2) is 5.85. The van der Waals surface area contributed by atoms with Gasteiger partial charge in [0.05, 0.1) is 25.5 Å². The van der Waals surface area contributed by atoms with Crippen LogP contribution in [0.1, 0.15) is 30.6 Å². The van der Waals surface area contributed by atoms with Gasteiger partial charge in [0.1, 0.15) is 5.69 Å². The maximum absolute atomic E-state index is 5.71. The van der Waals surface area contributed by atoms with Crippen LogP contribution >= 0.6 is 0 Å². The van der Waals surface area contributed by atoms with Gasteiger partial charge >= 0.3 is 0 Å². The maximum Gasteiger partial charge on any atom is 0.161 e. The number of methoxy groups -OCH3 is 1. The van der Waals surface area contributed by atoms with Gasteiger partial charge in [0, 0.05) is 25.4 Å². The molecule has 2 aromatic heterocycles. The van der Waals surface area contributed by atoms with E-state index in [1.54, 1.807) is 24.2 Å². The predicted octanol–water partition coefficient (Wildman–Crippen LogP) is 0.588. The molecule has 0 saturated heterocycles. The molecule has 7 nitrogen and oxygen atoms in total. The van der Waals surface area contributed by atoms with Crippen LogP contribution in [-0.2, 0) is 13.6 Å². The highest BCUT2D eigenvalue weighted by Crippen LogP contribution is 2.29. The summed E-state index contributed by atoms with van der Waals surface area (Å²) in [5, 5.41) is 8.52. The lowest BCUT2D eigenvalue weighted by atomic mass is 10.1. The molecule has 2 aromatic rings. The highest BCUT2D eigenvalue weighted by atomic mass is 16.5. The van der Waals surface area contributed by atoms with Crippen LogP contribution in [0.25, 0.3) is 0 Å². The molecule has 0 aliphatic carbocycles. The Morgan fingerprint density at radius 1 is 1.42 bits per heavy atom. The van der Waals surface area contributed by atoms with E-state index < -0.39 is 0 Å². The fourth-order valence-electron chi connectivity index (χ4n) is 2.14. The van der Waals surface area contributed by atoms with Crippen LogP contribution in [-0.4, -0.2) is 26.7 Å². The van der Waals surface area contributed by atoms with Gasteiger partial charge < -0.3 is 4.74 Å². The van der Waals surface area contributed by atoms with Crippen LogP contribution in [0.4, 0.5) is 0 Å². The number of hydrogen-bond donors (Lipinski definition) is 2. The third-order valence-corrected chi connectivity index (χ3v) is 3.00. The van der Waals surface area contributed by atoms with Crippen molar-refractivity contribution in [2.75, 3.05) is 7.11 Å². The average molecular weight is 264 g/mol. The second-order valence-electron chi connectivity index (χ2n) is 4.37. The molecule has 1 atom stereocenters. The second-order valence-corrected chi connectivity index (χ2v) is 4.37. The lowest BCUT2D eigenvalue weighted by Crippen LogP contribution is -2.31. The smallest absolute Gasteiger partial charge is 0.161 e. The molecule has 0 radical (unpaired) electrons. The summed E-state index contributed by atoms with van der Waals surface area (Å²) in [6.07, 6.45) is 6.41. The summed E-state index contributed by atoms with van der Waals surface area (Å²) in [7, 11) is 3.51. The Morgan fingerprint density at radius 3 is 2.74 bits per heavy atom. The summed E-state index contributed by atoms with van der Waals surface area (Å²) in [4.78, 5) is 0. The van der Waals surface area contributed by atoms with Crippen LogP contribution in [0.3, 0.4) is 0 Å². The lowest BCUT2D eigenvalue weighted by molar-refractivity contribution is 0.398. The van der Waals surface area contributed by atoms with Crippen molar-refractivity contribution in [3.8, 4) is 5.75 Å². The molecule has 0 saturated carbocycles. The minimum absolute atomic E-state index is 0.197. The van der Waals surface area contributed by atoms with Crippen molar-refractivity contribution in [2.45, 2.75) is 25.9 Å². The minimum Gasteiger partial charge on any atom is -0.493 e. The average Bonchev–Trinajstić information content (AvgIpc) is 2.99. The highest BCUT2D eigenvalue weighted by Gasteiger charge is 2.23. The number of aromatic nitrogens is 4. The van der Waals surface area contributed by atoms with E-state index in [-0.39, 0.29) is 6.04 Å². The van der Waals surface area contributed by atoms with Gasteiger partial charge in [0.2, 0.25) is 0 Å². The first-order chi connectivity index (χ1) is 9.21. The molecule has 2 heterocycles. The molecular weight excluding hydrogens is 244 g/mol. The molecule has 0 spiro atoms. The van der Waals surface area contributed by atoms with Gasteiger partial charge in [-0.25, -0.2) is 5.43 Å². The van der Waals surface area contributed by atoms with Crippen molar-refractivity contribution in [3.63, 3.8) is 0 Å². The lowest BCUT2D eigenvalue weighted by Gasteiger charge is -2.17. The van der Waals surface area contributed by atoms with E-state index in [0.717, 1.165) is 30.0 Å². The fraction of sp³-hybridized carbons (Fsp3) is 0.500. The summed E-state index contributed by atoms with van der Waals surface area (Å²) in [6, 6.07) is -0.197. The van der Waals surface area contributed by atoms with Crippen molar-refractivity contribution >= 4 is 0 Å². The highest BCUT2D eigenvalue weighted by molar-refractivity contribution is 5.34. The fourth-order valence-corrected chi connectivity index (χ4v) is 2.14. The zero-order valence-corrected chi connectivity index (χ0v) is 11.5. The molecule has 3 N–H and O–H groups in total. The monoisotopic (exact) mass is 264 g/mol. The Labute approximate surface area is 112 Å². The zero-order valence-electron chi connectivity index (χ0n) is 11.5. The molecule has 1 unspecified atom stereocenters. The quantitative estimate of drug-likeness (QED) is 0.589. The van der Waals surface area contributed by atoms with Crippen molar-refractivity contribution < 1.29 is 4.74 Å². The predicted molar refractivity (Wildman–Crippen MR) is 71.4 cm³/mol. The number of ether oxygens (including phenoxy) is 1. The number of nitrogens with one attached hydrogen (secondary N) is 1. The summed E-state index contributed by atoms with van der Waals surface area (Å²) < 4.78 is 9.03. The zero-order chi connectivity index (χ0) is 13.8. The summed E-state index contributed by atoms with van der Waals surface area (Å²) in [5.41, 5.74) is 4.70. The van der Waals surface area contributed by atoms with E-state index in [2.05, 4.69) is 22.5 Å². The van der Waals surface area contributed by atoms with E-state index >= 15 is 0 Å². The third-order valence-electron chi connectivity index (χ3n) is 3.00. The molecule has 0 fully saturated rings. The Bertz CT molecular complexity index is 532. The van der Waals surface area contributed by atoms with Gasteiger partial charge in [-0.3, -0.25) is 15.2 Å². The molecule has 0 aromatic carbocycles. The van der Waals surface area contributed by atoms with E-state index in [9.17, 15) is 0 Å². The summed E-state index contributed by atoms with van der Waals surface area (Å²) in [6.45, 7) is 2.92. The van der Waals surface area contributed by atoms with Crippen LogP contribution in [0.2, 0.25) is 0 Å². The number of nitrogens with two attached hydrogens (primary N) is 1. The van der Waals surface area contributed by atoms with Gasteiger partial charge in [-0.2, -0.15) is 10.2 Å². The Hall–Kier alpha value is -1.86. The van der Waals surface area contributed by atoms with Crippen molar-refractivity contribution in [1.29, 1.82) is 0 Å². The number of rotatable bonds is 6. The Kier molecular flexibility index (Phi) is 4.18. The van der Waals surface area contributed by atoms with Gasteiger partial charge in [0.25, 0.3) is 0 Å². The molecule has 2 rings (SSSR count). The molecule has 0 aliphatic heterocycles.